The number of carbonyl (C=O) groups is 1. The van der Waals surface area contributed by atoms with Crippen LogP contribution in [0, 0.1) is 5.82 Å². The molecule has 6 rings (SSSR count). The lowest BCUT2D eigenvalue weighted by molar-refractivity contribution is -0.00842. The molecule has 0 spiro atoms. The van der Waals surface area contributed by atoms with Crippen molar-refractivity contribution in [2.45, 2.75) is 12.6 Å². The molecule has 4 heterocycles. The van der Waals surface area contributed by atoms with Crippen molar-refractivity contribution in [3.63, 3.8) is 0 Å². The van der Waals surface area contributed by atoms with Gasteiger partial charge in [0, 0.05) is 41.0 Å². The van der Waals surface area contributed by atoms with Crippen LogP contribution in [-0.4, -0.2) is 54.3 Å². The first kappa shape index (κ1) is 22.8. The molecule has 2 aromatic carbocycles. The Morgan fingerprint density at radius 3 is 2.51 bits per heavy atom. The number of nitrogens with zero attached hydrogens (tertiary/aromatic N) is 5. The number of benzene rings is 2. The molecule has 0 saturated carbocycles. The standard InChI is InChI=1S/C27H23F2N7O/c1-27(29)14-36(15-27)26(37)23-9-17-3-4-18(10-22(17)35(23)2)24-30-13-21(28)25(34-24)33-20-7-5-16(6-8-20)19-11-31-32-12-19/h3-13H,14-15H2,1-2H3,(H,31,32)(H,30,33,34). The molecule has 1 aliphatic heterocycles. The van der Waals surface area contributed by atoms with Crippen LogP contribution in [0.25, 0.3) is 33.4 Å². The normalized spacial score (nSPS) is 14.5. The lowest BCUT2D eigenvalue weighted by atomic mass is 9.99. The first-order valence-electron chi connectivity index (χ1n) is 11.7. The van der Waals surface area contributed by atoms with Gasteiger partial charge in [-0.05, 0) is 36.8 Å². The fraction of sp³-hybridized carbons (Fsp3) is 0.185. The minimum Gasteiger partial charge on any atom is -0.340 e. The number of H-pyrrole nitrogens is 1. The van der Waals surface area contributed by atoms with Crippen LogP contribution < -0.4 is 5.32 Å². The van der Waals surface area contributed by atoms with E-state index >= 15 is 0 Å². The monoisotopic (exact) mass is 499 g/mol. The summed E-state index contributed by atoms with van der Waals surface area (Å²) in [4.78, 5) is 23.0. The first-order chi connectivity index (χ1) is 17.8. The molecule has 0 bridgehead atoms. The summed E-state index contributed by atoms with van der Waals surface area (Å²) >= 11 is 0. The molecule has 1 amide bonds. The summed E-state index contributed by atoms with van der Waals surface area (Å²) in [5, 5.41) is 10.6. The molecule has 1 saturated heterocycles. The van der Waals surface area contributed by atoms with Gasteiger partial charge in [-0.25, -0.2) is 18.7 Å². The Hall–Kier alpha value is -4.60. The van der Waals surface area contributed by atoms with E-state index in [1.54, 1.807) is 30.1 Å². The van der Waals surface area contributed by atoms with E-state index in [2.05, 4.69) is 25.5 Å². The molecule has 2 N–H and O–H groups in total. The quantitative estimate of drug-likeness (QED) is 0.351. The second-order valence-corrected chi connectivity index (χ2v) is 9.52. The first-order valence-corrected chi connectivity index (χ1v) is 11.7. The van der Waals surface area contributed by atoms with E-state index in [0.29, 0.717) is 22.8 Å². The van der Waals surface area contributed by atoms with Gasteiger partial charge in [0.25, 0.3) is 5.91 Å². The summed E-state index contributed by atoms with van der Waals surface area (Å²) < 4.78 is 30.3. The van der Waals surface area contributed by atoms with Crippen molar-refractivity contribution in [3.8, 4) is 22.5 Å². The summed E-state index contributed by atoms with van der Waals surface area (Å²) in [7, 11) is 1.79. The van der Waals surface area contributed by atoms with Crippen molar-refractivity contribution in [1.82, 2.24) is 29.6 Å². The van der Waals surface area contributed by atoms with Crippen LogP contribution >= 0.6 is 0 Å². The average molecular weight is 500 g/mol. The van der Waals surface area contributed by atoms with Gasteiger partial charge in [-0.2, -0.15) is 5.10 Å². The molecule has 3 aromatic heterocycles. The van der Waals surface area contributed by atoms with Gasteiger partial charge in [0.1, 0.15) is 11.4 Å². The molecule has 0 atom stereocenters. The summed E-state index contributed by atoms with van der Waals surface area (Å²) in [6.07, 6.45) is 4.66. The number of hydrogen-bond donors (Lipinski definition) is 2. The van der Waals surface area contributed by atoms with E-state index in [0.717, 1.165) is 28.2 Å². The van der Waals surface area contributed by atoms with Crippen LogP contribution in [0.15, 0.2) is 67.1 Å². The molecule has 37 heavy (non-hydrogen) atoms. The minimum atomic E-state index is -1.33. The van der Waals surface area contributed by atoms with Crippen molar-refractivity contribution < 1.29 is 13.6 Å². The Morgan fingerprint density at radius 1 is 1.05 bits per heavy atom. The topological polar surface area (TPSA) is 91.7 Å². The number of fused-ring (bicyclic) bond motifs is 1. The number of nitrogens with one attached hydrogen (secondary N) is 2. The molecular formula is C27H23F2N7O. The molecule has 0 radical (unpaired) electrons. The summed E-state index contributed by atoms with van der Waals surface area (Å²) in [6, 6.07) is 14.8. The molecule has 186 valence electrons. The number of hydrogen-bond acceptors (Lipinski definition) is 5. The van der Waals surface area contributed by atoms with E-state index in [1.807, 2.05) is 42.5 Å². The summed E-state index contributed by atoms with van der Waals surface area (Å²) in [5.74, 6) is -0.398. The van der Waals surface area contributed by atoms with Gasteiger partial charge in [-0.15, -0.1) is 0 Å². The van der Waals surface area contributed by atoms with E-state index in [-0.39, 0.29) is 24.8 Å². The maximum atomic E-state index is 14.6. The van der Waals surface area contributed by atoms with Crippen LogP contribution in [0.4, 0.5) is 20.3 Å². The Labute approximate surface area is 211 Å². The summed E-state index contributed by atoms with van der Waals surface area (Å²) in [5.41, 5.74) is 3.21. The van der Waals surface area contributed by atoms with Crippen LogP contribution in [-0.2, 0) is 7.05 Å². The highest BCUT2D eigenvalue weighted by Gasteiger charge is 2.42. The number of anilines is 2. The average Bonchev–Trinajstić information content (AvgIpc) is 3.52. The Balaban J connectivity index is 1.27. The zero-order chi connectivity index (χ0) is 25.7. The van der Waals surface area contributed by atoms with E-state index in [9.17, 15) is 13.6 Å². The second-order valence-electron chi connectivity index (χ2n) is 9.52. The van der Waals surface area contributed by atoms with Gasteiger partial charge in [0.2, 0.25) is 0 Å². The molecule has 1 aliphatic rings. The second kappa shape index (κ2) is 8.51. The summed E-state index contributed by atoms with van der Waals surface area (Å²) in [6.45, 7) is 1.67. The Kier molecular flexibility index (Phi) is 5.25. The molecular weight excluding hydrogens is 476 g/mol. The molecule has 0 unspecified atom stereocenters. The number of likely N-dealkylation sites (tertiary alicyclic amines) is 1. The highest BCUT2D eigenvalue weighted by molar-refractivity contribution is 6.00. The van der Waals surface area contributed by atoms with Crippen molar-refractivity contribution in [1.29, 1.82) is 0 Å². The Morgan fingerprint density at radius 2 is 1.81 bits per heavy atom. The van der Waals surface area contributed by atoms with Crippen molar-refractivity contribution in [2.24, 2.45) is 7.05 Å². The van der Waals surface area contributed by atoms with E-state index < -0.39 is 11.5 Å². The molecule has 1 fully saturated rings. The highest BCUT2D eigenvalue weighted by atomic mass is 19.1. The van der Waals surface area contributed by atoms with Gasteiger partial charge in [0.05, 0.1) is 25.5 Å². The number of carbonyl (C=O) groups excluding carboxylic acids is 1. The highest BCUT2D eigenvalue weighted by Crippen LogP contribution is 2.30. The maximum absolute atomic E-state index is 14.6. The SMILES string of the molecule is Cn1c(C(=O)N2CC(C)(F)C2)cc2ccc(-c3ncc(F)c(Nc4ccc(-c5cn[nH]c5)cc4)n3)cc21. The van der Waals surface area contributed by atoms with E-state index in [4.69, 9.17) is 0 Å². The van der Waals surface area contributed by atoms with Gasteiger partial charge in [-0.1, -0.05) is 24.3 Å². The van der Waals surface area contributed by atoms with Crippen molar-refractivity contribution >= 4 is 28.3 Å². The van der Waals surface area contributed by atoms with Gasteiger partial charge in [0.15, 0.2) is 17.5 Å². The lowest BCUT2D eigenvalue weighted by Gasteiger charge is -2.42. The third-order valence-corrected chi connectivity index (χ3v) is 6.57. The number of aromatic nitrogens is 5. The number of amides is 1. The molecule has 10 heteroatoms. The molecule has 5 aromatic rings. The lowest BCUT2D eigenvalue weighted by Crippen LogP contribution is -2.59. The van der Waals surface area contributed by atoms with Crippen LogP contribution in [0.1, 0.15) is 17.4 Å². The third kappa shape index (κ3) is 4.20. The number of halogens is 2. The smallest absolute Gasteiger partial charge is 0.270 e. The van der Waals surface area contributed by atoms with Gasteiger partial charge in [-0.3, -0.25) is 9.89 Å². The van der Waals surface area contributed by atoms with Crippen LogP contribution in [0.5, 0.6) is 0 Å². The van der Waals surface area contributed by atoms with Gasteiger partial charge < -0.3 is 14.8 Å². The van der Waals surface area contributed by atoms with E-state index in [1.165, 1.54) is 11.8 Å². The van der Waals surface area contributed by atoms with Crippen LogP contribution in [0.3, 0.4) is 0 Å². The van der Waals surface area contributed by atoms with Crippen LogP contribution in [0.2, 0.25) is 0 Å². The number of alkyl halides is 1. The largest absolute Gasteiger partial charge is 0.340 e. The maximum Gasteiger partial charge on any atom is 0.270 e. The number of rotatable bonds is 5. The number of aryl methyl sites for hydroxylation is 1. The fourth-order valence-corrected chi connectivity index (χ4v) is 4.61. The zero-order valence-corrected chi connectivity index (χ0v) is 20.2. The zero-order valence-electron chi connectivity index (χ0n) is 20.2. The van der Waals surface area contributed by atoms with Crippen molar-refractivity contribution in [3.05, 3.63) is 78.6 Å². The fourth-order valence-electron chi connectivity index (χ4n) is 4.61. The van der Waals surface area contributed by atoms with Gasteiger partial charge >= 0.3 is 0 Å². The Bertz CT molecular complexity index is 1620. The molecule has 0 aliphatic carbocycles. The number of aromatic amines is 1. The molecule has 8 nitrogen and oxygen atoms in total. The minimum absolute atomic E-state index is 0.0518. The third-order valence-electron chi connectivity index (χ3n) is 6.57. The predicted octanol–water partition coefficient (Wildman–Crippen LogP) is 5.09. The predicted molar refractivity (Wildman–Crippen MR) is 137 cm³/mol. The van der Waals surface area contributed by atoms with Crippen molar-refractivity contribution in [2.75, 3.05) is 18.4 Å².